The number of aromatic hydroxyl groups is 2. The number of rotatable bonds is 6. The van der Waals surface area contributed by atoms with E-state index in [1.165, 1.54) is 43.3 Å². The Labute approximate surface area is 232 Å². The largest absolute Gasteiger partial charge is 0.508 e. The van der Waals surface area contributed by atoms with Gasteiger partial charge in [0.25, 0.3) is 0 Å². The monoisotopic (exact) mass is 579 g/mol. The number of ether oxygens (including phenoxy) is 4. The van der Waals surface area contributed by atoms with Gasteiger partial charge in [-0.2, -0.15) is 0 Å². The van der Waals surface area contributed by atoms with Gasteiger partial charge in [-0.15, -0.1) is 0 Å². The Kier molecular flexibility index (Phi) is 8.20. The Hall–Kier alpha value is -3.31. The van der Waals surface area contributed by atoms with E-state index in [2.05, 4.69) is 0 Å². The standard InChI is InChI=1S/C27H30O14/c1-10-19(31)21(33)23(35)26(37-10)40-17-8-14-15(38-25(17)11-2-4-12(29)5-3-11)6-13(30)7-16(14)39-27-24(36)22(34)20(32)18(9-28)41-27/h2-8,10,18-24,26-28,31-36H,9H2,1H3,(H-,29,30)/p+1/t10-,18-,19-,20+,21+,22-,23-,24+,26-,27+/m0/s1. The Morgan fingerprint density at radius 2 is 1.32 bits per heavy atom. The third kappa shape index (κ3) is 5.61. The van der Waals surface area contributed by atoms with Crippen LogP contribution in [0.3, 0.4) is 0 Å². The fourth-order valence-electron chi connectivity index (χ4n) is 4.70. The molecule has 2 aliphatic heterocycles. The number of hydrogen-bond acceptors (Lipinski definition) is 13. The van der Waals surface area contributed by atoms with Crippen molar-refractivity contribution < 1.29 is 69.3 Å². The van der Waals surface area contributed by atoms with Gasteiger partial charge in [0.15, 0.2) is 0 Å². The number of phenolic OH excluding ortho intramolecular Hbond substituents is 2. The highest BCUT2D eigenvalue weighted by atomic mass is 16.7. The van der Waals surface area contributed by atoms with Crippen LogP contribution in [0.15, 0.2) is 46.9 Å². The number of hydrogen-bond donors (Lipinski definition) is 9. The number of aliphatic hydroxyl groups is 7. The molecule has 9 N–H and O–H groups in total. The van der Waals surface area contributed by atoms with Gasteiger partial charge in [-0.25, -0.2) is 4.42 Å². The summed E-state index contributed by atoms with van der Waals surface area (Å²) in [4.78, 5) is 0. The Morgan fingerprint density at radius 1 is 0.707 bits per heavy atom. The summed E-state index contributed by atoms with van der Waals surface area (Å²) in [6.07, 6.45) is -14.9. The van der Waals surface area contributed by atoms with E-state index in [1.54, 1.807) is 0 Å². The lowest BCUT2D eigenvalue weighted by molar-refractivity contribution is -0.277. The van der Waals surface area contributed by atoms with Crippen LogP contribution in [-0.4, -0.2) is 114 Å². The van der Waals surface area contributed by atoms with Gasteiger partial charge in [-0.1, -0.05) is 0 Å². The van der Waals surface area contributed by atoms with Gasteiger partial charge in [0, 0.05) is 12.1 Å². The van der Waals surface area contributed by atoms with Gasteiger partial charge in [0.1, 0.15) is 65.4 Å². The van der Waals surface area contributed by atoms with Crippen molar-refractivity contribution in [2.24, 2.45) is 0 Å². The second-order valence-corrected chi connectivity index (χ2v) is 9.96. The molecule has 2 fully saturated rings. The Morgan fingerprint density at radius 3 is 1.98 bits per heavy atom. The fraction of sp³-hybridized carbons (Fsp3) is 0.444. The molecule has 0 bridgehead atoms. The highest BCUT2D eigenvalue weighted by molar-refractivity contribution is 5.88. The molecule has 14 nitrogen and oxygen atoms in total. The number of fused-ring (bicyclic) bond motifs is 1. The first-order chi connectivity index (χ1) is 19.5. The van der Waals surface area contributed by atoms with E-state index < -0.39 is 68.0 Å². The predicted octanol–water partition coefficient (Wildman–Crippen LogP) is -0.823. The van der Waals surface area contributed by atoms with Crippen LogP contribution in [0, 0.1) is 0 Å². The van der Waals surface area contributed by atoms with Crippen LogP contribution in [0.4, 0.5) is 0 Å². The first-order valence-electron chi connectivity index (χ1n) is 12.7. The van der Waals surface area contributed by atoms with Crippen LogP contribution in [-0.2, 0) is 9.47 Å². The molecule has 14 heteroatoms. The minimum atomic E-state index is -1.74. The zero-order valence-electron chi connectivity index (χ0n) is 21.6. The molecule has 2 aromatic carbocycles. The van der Waals surface area contributed by atoms with Crippen molar-refractivity contribution in [2.75, 3.05) is 6.61 Å². The summed E-state index contributed by atoms with van der Waals surface area (Å²) in [6, 6.07) is 9.64. The van der Waals surface area contributed by atoms with Gasteiger partial charge in [-0.3, -0.25) is 0 Å². The molecule has 222 valence electrons. The average molecular weight is 580 g/mol. The van der Waals surface area contributed by atoms with E-state index in [4.69, 9.17) is 23.4 Å². The van der Waals surface area contributed by atoms with E-state index >= 15 is 0 Å². The summed E-state index contributed by atoms with van der Waals surface area (Å²) in [7, 11) is 0. The second kappa shape index (κ2) is 11.5. The molecule has 5 rings (SSSR count). The van der Waals surface area contributed by atoms with Crippen LogP contribution >= 0.6 is 0 Å². The lowest BCUT2D eigenvalue weighted by Crippen LogP contribution is -2.60. The Balaban J connectivity index is 1.59. The van der Waals surface area contributed by atoms with E-state index in [9.17, 15) is 46.0 Å². The maximum atomic E-state index is 10.5. The number of phenols is 2. The zero-order chi connectivity index (χ0) is 29.6. The summed E-state index contributed by atoms with van der Waals surface area (Å²) in [6.45, 7) is 0.800. The summed E-state index contributed by atoms with van der Waals surface area (Å²) >= 11 is 0. The van der Waals surface area contributed by atoms with Gasteiger partial charge < -0.3 is 64.9 Å². The van der Waals surface area contributed by atoms with Gasteiger partial charge in [-0.05, 0) is 31.2 Å². The predicted molar refractivity (Wildman–Crippen MR) is 137 cm³/mol. The van der Waals surface area contributed by atoms with Gasteiger partial charge in [0.2, 0.25) is 18.3 Å². The number of benzene rings is 2. The van der Waals surface area contributed by atoms with Crippen LogP contribution in [0.1, 0.15) is 6.92 Å². The van der Waals surface area contributed by atoms with E-state index in [0.717, 1.165) is 6.07 Å². The number of aliphatic hydroxyl groups excluding tert-OH is 7. The lowest BCUT2D eigenvalue weighted by atomic mass is 9.99. The van der Waals surface area contributed by atoms with Crippen LogP contribution < -0.4 is 9.47 Å². The summed E-state index contributed by atoms with van der Waals surface area (Å²) in [5, 5.41) is 91.3. The molecule has 0 amide bonds. The molecule has 1 aromatic heterocycles. The van der Waals surface area contributed by atoms with Crippen molar-refractivity contribution in [3.05, 3.63) is 42.5 Å². The highest BCUT2D eigenvalue weighted by Gasteiger charge is 2.46. The molecule has 0 radical (unpaired) electrons. The smallest absolute Gasteiger partial charge is 0.402 e. The quantitative estimate of drug-likeness (QED) is 0.163. The maximum Gasteiger partial charge on any atom is 0.402 e. The molecular weight excluding hydrogens is 548 g/mol. The maximum absolute atomic E-state index is 10.5. The zero-order valence-corrected chi connectivity index (χ0v) is 21.6. The van der Waals surface area contributed by atoms with Crippen LogP contribution in [0.5, 0.6) is 23.0 Å². The molecule has 10 atom stereocenters. The summed E-state index contributed by atoms with van der Waals surface area (Å²) in [5.74, 6) is -0.451. The second-order valence-electron chi connectivity index (χ2n) is 9.96. The highest BCUT2D eigenvalue weighted by Crippen LogP contribution is 2.42. The minimum Gasteiger partial charge on any atom is -0.508 e. The van der Waals surface area contributed by atoms with Crippen LogP contribution in [0.2, 0.25) is 0 Å². The molecule has 2 aliphatic rings. The van der Waals surface area contributed by atoms with E-state index in [0.29, 0.717) is 5.56 Å². The van der Waals surface area contributed by atoms with Crippen molar-refractivity contribution >= 4 is 11.0 Å². The SMILES string of the molecule is C[C@@H]1O[C@@H](Oc2cc3c(O[C@@H]4O[C@@H](CO)[C@@H](O)[C@H](O)[C@H]4O)cc(O)cc3[o+]c2-c2ccc(O)cc2)[C@@H](O)[C@H](O)[C@H]1O. The molecule has 3 aromatic rings. The molecule has 0 unspecified atom stereocenters. The lowest BCUT2D eigenvalue weighted by Gasteiger charge is -2.39. The molecular formula is C27H31O14+. The topological polar surface area (TPSA) is 230 Å². The van der Waals surface area contributed by atoms with Crippen LogP contribution in [0.25, 0.3) is 22.3 Å². The third-order valence-corrected chi connectivity index (χ3v) is 7.07. The van der Waals surface area contributed by atoms with Crippen molar-refractivity contribution in [1.29, 1.82) is 0 Å². The molecule has 0 aliphatic carbocycles. The van der Waals surface area contributed by atoms with Crippen molar-refractivity contribution in [2.45, 2.75) is 68.3 Å². The molecule has 3 heterocycles. The summed E-state index contributed by atoms with van der Waals surface area (Å²) in [5.41, 5.74) is 0.451. The van der Waals surface area contributed by atoms with Gasteiger partial charge in [0.05, 0.1) is 24.3 Å². The molecule has 0 spiro atoms. The third-order valence-electron chi connectivity index (χ3n) is 7.07. The van der Waals surface area contributed by atoms with E-state index in [-0.39, 0.29) is 39.7 Å². The average Bonchev–Trinajstić information content (AvgIpc) is 2.95. The van der Waals surface area contributed by atoms with Gasteiger partial charge >= 0.3 is 11.3 Å². The molecule has 0 saturated carbocycles. The minimum absolute atomic E-state index is 0.0261. The van der Waals surface area contributed by atoms with Crippen molar-refractivity contribution in [3.8, 4) is 34.3 Å². The van der Waals surface area contributed by atoms with Crippen molar-refractivity contribution in [3.63, 3.8) is 0 Å². The fourth-order valence-corrected chi connectivity index (χ4v) is 4.70. The first-order valence-corrected chi connectivity index (χ1v) is 12.7. The van der Waals surface area contributed by atoms with E-state index in [1.807, 2.05) is 0 Å². The molecule has 2 saturated heterocycles. The first kappa shape index (κ1) is 29.2. The normalized spacial score (nSPS) is 34.0. The Bertz CT molecular complexity index is 1360. The van der Waals surface area contributed by atoms with Crippen molar-refractivity contribution in [1.82, 2.24) is 0 Å². The summed E-state index contributed by atoms with van der Waals surface area (Å²) < 4.78 is 28.8. The molecule has 41 heavy (non-hydrogen) atoms.